The van der Waals surface area contributed by atoms with Crippen LogP contribution in [0.5, 0.6) is 0 Å². The Bertz CT molecular complexity index is 951. The van der Waals surface area contributed by atoms with E-state index in [1.54, 1.807) is 13.1 Å². The first-order chi connectivity index (χ1) is 14.5. The molecule has 2 aliphatic heterocycles. The van der Waals surface area contributed by atoms with Crippen LogP contribution in [0.2, 0.25) is 0 Å². The van der Waals surface area contributed by atoms with Gasteiger partial charge in [-0.25, -0.2) is 4.98 Å². The SMILES string of the molecule is CC(=O)N1CCC(COC2CNCCC2Nc2nccc3cc(C)c(=O)[nH]c23)CC1. The number of aromatic amines is 1. The molecule has 4 heterocycles. The summed E-state index contributed by atoms with van der Waals surface area (Å²) in [6.45, 7) is 7.48. The lowest BCUT2D eigenvalue weighted by Gasteiger charge is -2.36. The average Bonchev–Trinajstić information content (AvgIpc) is 2.75. The van der Waals surface area contributed by atoms with Gasteiger partial charge in [0.15, 0.2) is 5.82 Å². The van der Waals surface area contributed by atoms with Crippen molar-refractivity contribution in [3.63, 3.8) is 0 Å². The number of anilines is 1. The molecule has 3 N–H and O–H groups in total. The molecule has 2 unspecified atom stereocenters. The van der Waals surface area contributed by atoms with Gasteiger partial charge in [0.2, 0.25) is 5.91 Å². The van der Waals surface area contributed by atoms with Crippen LogP contribution >= 0.6 is 0 Å². The summed E-state index contributed by atoms with van der Waals surface area (Å²) in [5.41, 5.74) is 1.34. The molecule has 0 spiro atoms. The number of likely N-dealkylation sites (tertiary alicyclic amines) is 1. The molecule has 0 bridgehead atoms. The van der Waals surface area contributed by atoms with E-state index in [0.29, 0.717) is 23.9 Å². The van der Waals surface area contributed by atoms with E-state index in [0.717, 1.165) is 56.3 Å². The minimum Gasteiger partial charge on any atom is -0.374 e. The van der Waals surface area contributed by atoms with Gasteiger partial charge in [-0.1, -0.05) is 0 Å². The number of aryl methyl sites for hydroxylation is 1. The highest BCUT2D eigenvalue weighted by Gasteiger charge is 2.28. The Labute approximate surface area is 176 Å². The number of rotatable bonds is 5. The molecule has 0 radical (unpaired) electrons. The second-order valence-corrected chi connectivity index (χ2v) is 8.47. The number of hydrogen-bond donors (Lipinski definition) is 3. The molecule has 30 heavy (non-hydrogen) atoms. The Hall–Kier alpha value is -2.45. The first-order valence-electron chi connectivity index (χ1n) is 10.8. The maximum Gasteiger partial charge on any atom is 0.251 e. The van der Waals surface area contributed by atoms with Crippen LogP contribution in [0.3, 0.4) is 0 Å². The molecule has 4 rings (SSSR count). The van der Waals surface area contributed by atoms with E-state index in [1.807, 2.05) is 24.0 Å². The summed E-state index contributed by atoms with van der Waals surface area (Å²) in [5.74, 6) is 1.34. The van der Waals surface area contributed by atoms with Gasteiger partial charge in [0, 0.05) is 43.7 Å². The number of ether oxygens (including phenoxy) is 1. The molecule has 0 saturated carbocycles. The monoisotopic (exact) mass is 413 g/mol. The Morgan fingerprint density at radius 1 is 1.33 bits per heavy atom. The van der Waals surface area contributed by atoms with E-state index in [-0.39, 0.29) is 23.6 Å². The second kappa shape index (κ2) is 9.14. The van der Waals surface area contributed by atoms with Gasteiger partial charge in [-0.3, -0.25) is 9.59 Å². The molecule has 2 atom stereocenters. The Morgan fingerprint density at radius 3 is 2.90 bits per heavy atom. The lowest BCUT2D eigenvalue weighted by Crippen LogP contribution is -2.50. The first-order valence-corrected chi connectivity index (χ1v) is 10.8. The maximum absolute atomic E-state index is 12.1. The highest BCUT2D eigenvalue weighted by atomic mass is 16.5. The van der Waals surface area contributed by atoms with E-state index in [2.05, 4.69) is 20.6 Å². The smallest absolute Gasteiger partial charge is 0.251 e. The summed E-state index contributed by atoms with van der Waals surface area (Å²) >= 11 is 0. The minimum atomic E-state index is -0.0893. The fourth-order valence-corrected chi connectivity index (χ4v) is 4.37. The van der Waals surface area contributed by atoms with Crippen molar-refractivity contribution in [2.75, 3.05) is 38.1 Å². The second-order valence-electron chi connectivity index (χ2n) is 8.47. The van der Waals surface area contributed by atoms with Crippen molar-refractivity contribution in [1.82, 2.24) is 20.2 Å². The van der Waals surface area contributed by atoms with Gasteiger partial charge in [0.05, 0.1) is 24.3 Å². The molecule has 8 nitrogen and oxygen atoms in total. The number of amides is 1. The number of hydrogen-bond acceptors (Lipinski definition) is 6. The van der Waals surface area contributed by atoms with Crippen molar-refractivity contribution in [2.24, 2.45) is 5.92 Å². The van der Waals surface area contributed by atoms with E-state index in [9.17, 15) is 9.59 Å². The summed E-state index contributed by atoms with van der Waals surface area (Å²) < 4.78 is 6.33. The van der Waals surface area contributed by atoms with Crippen molar-refractivity contribution >= 4 is 22.6 Å². The number of nitrogens with one attached hydrogen (secondary N) is 3. The van der Waals surface area contributed by atoms with E-state index < -0.39 is 0 Å². The molecule has 0 aliphatic carbocycles. The van der Waals surface area contributed by atoms with Crippen molar-refractivity contribution < 1.29 is 9.53 Å². The maximum atomic E-state index is 12.1. The van der Waals surface area contributed by atoms with Crippen LogP contribution in [0.25, 0.3) is 10.9 Å². The topological polar surface area (TPSA) is 99.3 Å². The third-order valence-electron chi connectivity index (χ3n) is 6.31. The highest BCUT2D eigenvalue weighted by molar-refractivity contribution is 5.88. The van der Waals surface area contributed by atoms with Crippen LogP contribution in [0.4, 0.5) is 5.82 Å². The van der Waals surface area contributed by atoms with Crippen LogP contribution in [-0.4, -0.2) is 65.7 Å². The zero-order valence-electron chi connectivity index (χ0n) is 17.7. The summed E-state index contributed by atoms with van der Waals surface area (Å²) in [7, 11) is 0. The molecule has 2 saturated heterocycles. The predicted octanol–water partition coefficient (Wildman–Crippen LogP) is 1.65. The number of piperidine rings is 2. The highest BCUT2D eigenvalue weighted by Crippen LogP contribution is 2.23. The average molecular weight is 414 g/mol. The molecule has 1 amide bonds. The Balaban J connectivity index is 1.41. The summed E-state index contributed by atoms with van der Waals surface area (Å²) in [4.78, 5) is 33.0. The minimum absolute atomic E-state index is 0.0267. The van der Waals surface area contributed by atoms with E-state index in [4.69, 9.17) is 4.74 Å². The first kappa shape index (κ1) is 20.8. The van der Waals surface area contributed by atoms with Gasteiger partial charge in [0.25, 0.3) is 5.56 Å². The number of carbonyl (C=O) groups is 1. The fourth-order valence-electron chi connectivity index (χ4n) is 4.37. The lowest BCUT2D eigenvalue weighted by molar-refractivity contribution is -0.130. The molecule has 162 valence electrons. The molecular formula is C22H31N5O3. The van der Waals surface area contributed by atoms with Crippen molar-refractivity contribution in [1.29, 1.82) is 0 Å². The van der Waals surface area contributed by atoms with Gasteiger partial charge in [-0.2, -0.15) is 0 Å². The molecule has 2 aliphatic rings. The van der Waals surface area contributed by atoms with Gasteiger partial charge < -0.3 is 25.3 Å². The van der Waals surface area contributed by atoms with Crippen molar-refractivity contribution in [2.45, 2.75) is 45.3 Å². The van der Waals surface area contributed by atoms with Crippen LogP contribution in [-0.2, 0) is 9.53 Å². The summed E-state index contributed by atoms with van der Waals surface area (Å²) in [6.07, 6.45) is 4.69. The van der Waals surface area contributed by atoms with Gasteiger partial charge in [-0.05, 0) is 50.8 Å². The quantitative estimate of drug-likeness (QED) is 0.689. The van der Waals surface area contributed by atoms with Crippen LogP contribution in [0.15, 0.2) is 23.1 Å². The van der Waals surface area contributed by atoms with Crippen LogP contribution in [0, 0.1) is 12.8 Å². The van der Waals surface area contributed by atoms with E-state index >= 15 is 0 Å². The van der Waals surface area contributed by atoms with Crippen molar-refractivity contribution in [3.8, 4) is 0 Å². The summed E-state index contributed by atoms with van der Waals surface area (Å²) in [5, 5.41) is 7.92. The molecule has 2 fully saturated rings. The molecule has 8 heteroatoms. The third kappa shape index (κ3) is 4.65. The zero-order valence-corrected chi connectivity index (χ0v) is 17.7. The van der Waals surface area contributed by atoms with Gasteiger partial charge >= 0.3 is 0 Å². The Morgan fingerprint density at radius 2 is 2.13 bits per heavy atom. The normalized spacial score (nSPS) is 22.9. The number of aromatic nitrogens is 2. The number of fused-ring (bicyclic) bond motifs is 1. The van der Waals surface area contributed by atoms with Gasteiger partial charge in [0.1, 0.15) is 0 Å². The lowest BCUT2D eigenvalue weighted by atomic mass is 9.97. The molecule has 0 aromatic carbocycles. The predicted molar refractivity (Wildman–Crippen MR) is 117 cm³/mol. The Kier molecular flexibility index (Phi) is 6.34. The molecule has 2 aromatic heterocycles. The van der Waals surface area contributed by atoms with Gasteiger partial charge in [-0.15, -0.1) is 0 Å². The number of H-pyrrole nitrogens is 1. The van der Waals surface area contributed by atoms with Crippen molar-refractivity contribution in [3.05, 3.63) is 34.2 Å². The number of nitrogens with zero attached hydrogens (tertiary/aromatic N) is 2. The van der Waals surface area contributed by atoms with E-state index in [1.165, 1.54) is 0 Å². The standard InChI is InChI=1S/C22H31N5O3/c1-14-11-17-3-8-24-21(20(17)26-22(14)29)25-18-4-7-23-12-19(18)30-13-16-5-9-27(10-6-16)15(2)28/h3,8,11,16,18-19,23H,4-7,9-10,12-13H2,1-2H3,(H,24,25)(H,26,29). The van der Waals surface area contributed by atoms with Crippen LogP contribution in [0.1, 0.15) is 31.7 Å². The fraction of sp³-hybridized carbons (Fsp3) is 0.591. The largest absolute Gasteiger partial charge is 0.374 e. The van der Waals surface area contributed by atoms with Crippen LogP contribution < -0.4 is 16.2 Å². The molecule has 2 aromatic rings. The molecular weight excluding hydrogens is 382 g/mol. The number of carbonyl (C=O) groups excluding carboxylic acids is 1. The zero-order chi connectivity index (χ0) is 21.1. The number of pyridine rings is 2. The third-order valence-corrected chi connectivity index (χ3v) is 6.31. The summed E-state index contributed by atoms with van der Waals surface area (Å²) in [6, 6.07) is 3.92.